The third-order valence-electron chi connectivity index (χ3n) is 4.79. The van der Waals surface area contributed by atoms with Crippen molar-refractivity contribution in [2.75, 3.05) is 4.90 Å². The van der Waals surface area contributed by atoms with E-state index in [1.54, 1.807) is 24.3 Å². The van der Waals surface area contributed by atoms with E-state index in [-0.39, 0.29) is 23.7 Å². The Hall–Kier alpha value is -1.87. The molecule has 2 unspecified atom stereocenters. The molecule has 24 heavy (non-hydrogen) atoms. The number of fused-ring (bicyclic) bond motifs is 1. The third-order valence-corrected chi connectivity index (χ3v) is 5.31. The van der Waals surface area contributed by atoms with Crippen molar-refractivity contribution in [1.29, 1.82) is 0 Å². The zero-order valence-corrected chi connectivity index (χ0v) is 15.2. The van der Waals surface area contributed by atoms with Crippen LogP contribution >= 0.6 is 11.6 Å². The van der Waals surface area contributed by atoms with Crippen LogP contribution in [-0.4, -0.2) is 16.7 Å². The van der Waals surface area contributed by atoms with E-state index in [2.05, 4.69) is 27.7 Å². The molecule has 1 aliphatic heterocycles. The Morgan fingerprint density at radius 2 is 1.62 bits per heavy atom. The minimum absolute atomic E-state index is 0.194. The molecule has 0 spiro atoms. The molecule has 2 amide bonds. The highest BCUT2D eigenvalue weighted by Gasteiger charge is 2.58. The molecular weight excluding hydrogens is 322 g/mol. The minimum atomic E-state index is -1.30. The van der Waals surface area contributed by atoms with Gasteiger partial charge in [-0.25, -0.2) is 4.90 Å². The molecule has 2 aliphatic rings. The van der Waals surface area contributed by atoms with Crippen LogP contribution in [0.25, 0.3) is 0 Å². The highest BCUT2D eigenvalue weighted by atomic mass is 35.5. The Morgan fingerprint density at radius 3 is 2.12 bits per heavy atom. The number of nitrogens with zero attached hydrogens (tertiary/aromatic N) is 1. The van der Waals surface area contributed by atoms with E-state index in [9.17, 15) is 9.59 Å². The maximum atomic E-state index is 13.1. The summed E-state index contributed by atoms with van der Waals surface area (Å²) in [4.78, 5) is 26.2. The van der Waals surface area contributed by atoms with Gasteiger partial charge in [-0.2, -0.15) is 0 Å². The average molecular weight is 344 g/mol. The van der Waals surface area contributed by atoms with Crippen molar-refractivity contribution in [3.63, 3.8) is 0 Å². The lowest BCUT2D eigenvalue weighted by Crippen LogP contribution is -2.37. The number of halogens is 1. The Morgan fingerprint density at radius 1 is 1.04 bits per heavy atom. The predicted octanol–water partition coefficient (Wildman–Crippen LogP) is 4.53. The molecule has 1 aromatic carbocycles. The summed E-state index contributed by atoms with van der Waals surface area (Å²) in [6.45, 7) is 8.27. The van der Waals surface area contributed by atoms with E-state index in [1.165, 1.54) is 4.90 Å². The number of hydrogen-bond acceptors (Lipinski definition) is 2. The van der Waals surface area contributed by atoms with E-state index >= 15 is 0 Å². The minimum Gasteiger partial charge on any atom is -0.273 e. The number of carbonyl (C=O) groups excluding carboxylic acids is 2. The molecule has 3 nitrogen and oxygen atoms in total. The fourth-order valence-corrected chi connectivity index (χ4v) is 3.80. The maximum Gasteiger partial charge on any atom is 0.260 e. The molecule has 1 aliphatic carbocycles. The summed E-state index contributed by atoms with van der Waals surface area (Å²) in [5.74, 6) is -0.851. The van der Waals surface area contributed by atoms with Crippen LogP contribution in [-0.2, 0) is 9.59 Å². The Bertz CT molecular complexity index is 737. The third kappa shape index (κ3) is 2.34. The molecule has 0 saturated carbocycles. The van der Waals surface area contributed by atoms with Gasteiger partial charge in [0.15, 0.2) is 4.87 Å². The summed E-state index contributed by atoms with van der Waals surface area (Å²) < 4.78 is 0. The quantitative estimate of drug-likeness (QED) is 0.597. The van der Waals surface area contributed by atoms with Gasteiger partial charge in [0.05, 0.1) is 11.6 Å². The van der Waals surface area contributed by atoms with Crippen LogP contribution in [0.15, 0.2) is 42.5 Å². The fourth-order valence-electron chi connectivity index (χ4n) is 3.47. The molecule has 1 saturated heterocycles. The highest BCUT2D eigenvalue weighted by molar-refractivity contribution is 6.47. The van der Waals surface area contributed by atoms with Gasteiger partial charge in [0.1, 0.15) is 0 Å². The molecule has 3 rings (SSSR count). The van der Waals surface area contributed by atoms with Crippen LogP contribution < -0.4 is 4.90 Å². The molecule has 1 aromatic rings. The number of alkyl halides is 1. The first-order chi connectivity index (χ1) is 11.3. The standard InChI is InChI=1S/C20H22ClNO2/c1-12(2)14-8-7-9-15(13(3)4)17(14)22-18(23)16-10-5-6-11-20(16,21)19(22)24/h5-13,16H,1-4H3. The van der Waals surface area contributed by atoms with Crippen LogP contribution in [0.5, 0.6) is 0 Å². The lowest BCUT2D eigenvalue weighted by Gasteiger charge is -2.26. The number of anilines is 1. The van der Waals surface area contributed by atoms with Crippen molar-refractivity contribution in [3.05, 3.63) is 53.6 Å². The van der Waals surface area contributed by atoms with Crippen molar-refractivity contribution in [3.8, 4) is 0 Å². The largest absolute Gasteiger partial charge is 0.273 e. The maximum absolute atomic E-state index is 13.1. The summed E-state index contributed by atoms with van der Waals surface area (Å²) in [6.07, 6.45) is 6.86. The highest BCUT2D eigenvalue weighted by Crippen LogP contribution is 2.46. The van der Waals surface area contributed by atoms with Gasteiger partial charge in [-0.1, -0.05) is 70.2 Å². The topological polar surface area (TPSA) is 37.4 Å². The average Bonchev–Trinajstić information content (AvgIpc) is 2.73. The van der Waals surface area contributed by atoms with Crippen LogP contribution in [0.2, 0.25) is 0 Å². The number of carbonyl (C=O) groups is 2. The second-order valence-corrected chi connectivity index (χ2v) is 7.69. The second kappa shape index (κ2) is 5.89. The van der Waals surface area contributed by atoms with Crippen LogP contribution in [0.1, 0.15) is 50.7 Å². The number of amides is 2. The van der Waals surface area contributed by atoms with Crippen molar-refractivity contribution in [2.24, 2.45) is 5.92 Å². The molecule has 1 fully saturated rings. The number of para-hydroxylation sites is 1. The molecule has 0 aromatic heterocycles. The normalized spacial score (nSPS) is 26.0. The SMILES string of the molecule is CC(C)c1cccc(C(C)C)c1N1C(=O)C2C=CC=CC2(Cl)C1=O. The summed E-state index contributed by atoms with van der Waals surface area (Å²) in [5, 5.41) is 0. The van der Waals surface area contributed by atoms with Gasteiger partial charge in [0.25, 0.3) is 5.91 Å². The monoisotopic (exact) mass is 343 g/mol. The van der Waals surface area contributed by atoms with E-state index in [0.717, 1.165) is 11.1 Å². The summed E-state index contributed by atoms with van der Waals surface area (Å²) in [5.41, 5.74) is 2.71. The van der Waals surface area contributed by atoms with E-state index < -0.39 is 10.8 Å². The fraction of sp³-hybridized carbons (Fsp3) is 0.400. The lowest BCUT2D eigenvalue weighted by atomic mass is 9.90. The van der Waals surface area contributed by atoms with Gasteiger partial charge in [0, 0.05) is 0 Å². The molecule has 0 N–H and O–H groups in total. The van der Waals surface area contributed by atoms with Gasteiger partial charge >= 0.3 is 0 Å². The Labute approximate surface area is 148 Å². The van der Waals surface area contributed by atoms with E-state index in [0.29, 0.717) is 5.69 Å². The van der Waals surface area contributed by atoms with Gasteiger partial charge in [-0.3, -0.25) is 9.59 Å². The van der Waals surface area contributed by atoms with Crippen molar-refractivity contribution < 1.29 is 9.59 Å². The van der Waals surface area contributed by atoms with E-state index in [1.807, 2.05) is 18.2 Å². The number of hydrogen-bond donors (Lipinski definition) is 0. The van der Waals surface area contributed by atoms with Gasteiger partial charge in [-0.05, 0) is 23.0 Å². The molecule has 4 heteroatoms. The van der Waals surface area contributed by atoms with Gasteiger partial charge in [-0.15, -0.1) is 11.6 Å². The zero-order chi connectivity index (χ0) is 17.6. The molecule has 0 bridgehead atoms. The van der Waals surface area contributed by atoms with Crippen LogP contribution in [0, 0.1) is 5.92 Å². The molecule has 2 atom stereocenters. The summed E-state index contributed by atoms with van der Waals surface area (Å²) >= 11 is 6.58. The van der Waals surface area contributed by atoms with Crippen molar-refractivity contribution in [1.82, 2.24) is 0 Å². The van der Waals surface area contributed by atoms with Gasteiger partial charge in [0.2, 0.25) is 5.91 Å². The molecule has 0 radical (unpaired) electrons. The summed E-state index contributed by atoms with van der Waals surface area (Å²) in [6, 6.07) is 5.96. The Balaban J connectivity index is 2.23. The van der Waals surface area contributed by atoms with Crippen LogP contribution in [0.4, 0.5) is 5.69 Å². The smallest absolute Gasteiger partial charge is 0.260 e. The molecule has 126 valence electrons. The van der Waals surface area contributed by atoms with Gasteiger partial charge < -0.3 is 0 Å². The molecular formula is C20H22ClNO2. The summed E-state index contributed by atoms with van der Waals surface area (Å²) in [7, 11) is 0. The number of imide groups is 1. The number of benzene rings is 1. The Kier molecular flexibility index (Phi) is 4.16. The predicted molar refractivity (Wildman–Crippen MR) is 97.5 cm³/mol. The first-order valence-corrected chi connectivity index (χ1v) is 8.73. The second-order valence-electron chi connectivity index (χ2n) is 7.06. The van der Waals surface area contributed by atoms with E-state index in [4.69, 9.17) is 11.6 Å². The van der Waals surface area contributed by atoms with Crippen molar-refractivity contribution in [2.45, 2.75) is 44.4 Å². The van der Waals surface area contributed by atoms with Crippen molar-refractivity contribution >= 4 is 29.1 Å². The lowest BCUT2D eigenvalue weighted by molar-refractivity contribution is -0.122. The molecule has 1 heterocycles. The first-order valence-electron chi connectivity index (χ1n) is 8.35. The zero-order valence-electron chi connectivity index (χ0n) is 14.4. The number of allylic oxidation sites excluding steroid dienone is 2. The van der Waals surface area contributed by atoms with Crippen LogP contribution in [0.3, 0.4) is 0 Å². The first kappa shape index (κ1) is 17.0. The number of rotatable bonds is 3.